The van der Waals surface area contributed by atoms with Gasteiger partial charge in [-0.1, -0.05) is 34.8 Å². The highest BCUT2D eigenvalue weighted by atomic mass is 35.5. The molecule has 2 aromatic rings. The number of nitrogens with zero attached hydrogens (tertiary/aromatic N) is 1. The average Bonchev–Trinajstić information content (AvgIpc) is 2.36. The Hall–Kier alpha value is -1.17. The summed E-state index contributed by atoms with van der Waals surface area (Å²) in [4.78, 5) is 3.38. The lowest BCUT2D eigenvalue weighted by atomic mass is 10.1. The minimum absolute atomic E-state index is 0.0237. The monoisotopic (exact) mass is 341 g/mol. The number of aromatic hydroxyl groups is 1. The Bertz CT molecular complexity index is 674. The minimum Gasteiger partial charge on any atom is -0.506 e. The number of pyridine rings is 1. The van der Waals surface area contributed by atoms with Crippen LogP contribution in [-0.2, 0) is 6.18 Å². The van der Waals surface area contributed by atoms with Crippen LogP contribution >= 0.6 is 34.8 Å². The summed E-state index contributed by atoms with van der Waals surface area (Å²) >= 11 is 17.5. The lowest BCUT2D eigenvalue weighted by molar-refractivity contribution is -0.141. The molecule has 0 aliphatic carbocycles. The first-order valence-electron chi connectivity index (χ1n) is 5.13. The van der Waals surface area contributed by atoms with Gasteiger partial charge in [-0.2, -0.15) is 13.2 Å². The molecular weight excluding hydrogens is 337 g/mol. The van der Waals surface area contributed by atoms with Crippen LogP contribution in [0.25, 0.3) is 11.3 Å². The molecule has 20 heavy (non-hydrogen) atoms. The maximum atomic E-state index is 12.6. The van der Waals surface area contributed by atoms with Gasteiger partial charge in [0.15, 0.2) is 0 Å². The van der Waals surface area contributed by atoms with Crippen LogP contribution in [0.4, 0.5) is 13.2 Å². The van der Waals surface area contributed by atoms with Crippen molar-refractivity contribution in [3.8, 4) is 17.0 Å². The predicted molar refractivity (Wildman–Crippen MR) is 71.4 cm³/mol. The lowest BCUT2D eigenvalue weighted by Gasteiger charge is -2.11. The molecule has 0 bridgehead atoms. The fourth-order valence-corrected chi connectivity index (χ4v) is 2.14. The molecule has 0 saturated carbocycles. The molecule has 0 amide bonds. The van der Waals surface area contributed by atoms with Crippen molar-refractivity contribution in [2.24, 2.45) is 0 Å². The first-order valence-corrected chi connectivity index (χ1v) is 6.26. The number of aromatic nitrogens is 1. The molecule has 0 atom stereocenters. The van der Waals surface area contributed by atoms with Crippen LogP contribution in [0.2, 0.25) is 15.1 Å². The summed E-state index contributed by atoms with van der Waals surface area (Å²) in [6.45, 7) is 0. The standard InChI is InChI=1S/C12H5Cl3F3NO/c13-6-2-1-5(9(14)10(6)15)11-7(20)3-4-8(19-11)12(16,17)18/h1-4,20H. The molecule has 1 aromatic carbocycles. The second-order valence-electron chi connectivity index (χ2n) is 3.78. The van der Waals surface area contributed by atoms with Crippen LogP contribution in [-0.4, -0.2) is 10.1 Å². The molecule has 8 heteroatoms. The number of benzene rings is 1. The van der Waals surface area contributed by atoms with Crippen LogP contribution in [0.1, 0.15) is 5.69 Å². The summed E-state index contributed by atoms with van der Waals surface area (Å²) in [5, 5.41) is 9.71. The molecule has 106 valence electrons. The molecule has 1 N–H and O–H groups in total. The Morgan fingerprint density at radius 2 is 1.60 bits per heavy atom. The van der Waals surface area contributed by atoms with Crippen LogP contribution in [0.5, 0.6) is 5.75 Å². The van der Waals surface area contributed by atoms with E-state index in [2.05, 4.69) is 4.98 Å². The molecule has 2 rings (SSSR count). The lowest BCUT2D eigenvalue weighted by Crippen LogP contribution is -2.08. The maximum Gasteiger partial charge on any atom is 0.433 e. The number of hydrogen-bond acceptors (Lipinski definition) is 2. The summed E-state index contributed by atoms with van der Waals surface area (Å²) in [5.74, 6) is -0.446. The summed E-state index contributed by atoms with van der Waals surface area (Å²) < 4.78 is 37.9. The molecule has 0 unspecified atom stereocenters. The van der Waals surface area contributed by atoms with Gasteiger partial charge in [0.25, 0.3) is 0 Å². The number of hydrogen-bond donors (Lipinski definition) is 1. The summed E-state index contributed by atoms with van der Waals surface area (Å²) in [5.41, 5.74) is -1.40. The van der Waals surface area contributed by atoms with E-state index >= 15 is 0 Å². The molecule has 0 aliphatic rings. The third kappa shape index (κ3) is 2.80. The Morgan fingerprint density at radius 3 is 2.20 bits per heavy atom. The van der Waals surface area contributed by atoms with Crippen LogP contribution in [0, 0.1) is 0 Å². The number of halogens is 6. The molecule has 2 nitrogen and oxygen atoms in total. The second kappa shape index (κ2) is 5.31. The van der Waals surface area contributed by atoms with Gasteiger partial charge in [-0.15, -0.1) is 0 Å². The van der Waals surface area contributed by atoms with Crippen molar-refractivity contribution in [1.82, 2.24) is 4.98 Å². The fourth-order valence-electron chi connectivity index (χ4n) is 1.52. The maximum absolute atomic E-state index is 12.6. The van der Waals surface area contributed by atoms with Crippen molar-refractivity contribution in [1.29, 1.82) is 0 Å². The highest BCUT2D eigenvalue weighted by Gasteiger charge is 2.33. The van der Waals surface area contributed by atoms with Gasteiger partial charge in [0.1, 0.15) is 17.1 Å². The normalized spacial score (nSPS) is 11.7. The highest BCUT2D eigenvalue weighted by Crippen LogP contribution is 2.41. The smallest absolute Gasteiger partial charge is 0.433 e. The molecule has 0 spiro atoms. The summed E-state index contributed by atoms with van der Waals surface area (Å²) in [6.07, 6.45) is -4.63. The molecule has 0 aliphatic heterocycles. The molecule has 1 heterocycles. The third-order valence-electron chi connectivity index (χ3n) is 2.45. The molecule has 0 radical (unpaired) electrons. The second-order valence-corrected chi connectivity index (χ2v) is 4.95. The van der Waals surface area contributed by atoms with Gasteiger partial charge in [0.2, 0.25) is 0 Å². The van der Waals surface area contributed by atoms with Crippen molar-refractivity contribution < 1.29 is 18.3 Å². The van der Waals surface area contributed by atoms with Crippen LogP contribution < -0.4 is 0 Å². The van der Waals surface area contributed by atoms with E-state index < -0.39 is 17.6 Å². The van der Waals surface area contributed by atoms with E-state index in [1.807, 2.05) is 0 Å². The SMILES string of the molecule is Oc1ccc(C(F)(F)F)nc1-c1ccc(Cl)c(Cl)c1Cl. The largest absolute Gasteiger partial charge is 0.506 e. The van der Waals surface area contributed by atoms with Gasteiger partial charge in [-0.25, -0.2) is 4.98 Å². The van der Waals surface area contributed by atoms with Crippen molar-refractivity contribution in [2.75, 3.05) is 0 Å². The highest BCUT2D eigenvalue weighted by molar-refractivity contribution is 6.49. The molecule has 0 fully saturated rings. The van der Waals surface area contributed by atoms with E-state index in [9.17, 15) is 18.3 Å². The van der Waals surface area contributed by atoms with Gasteiger partial charge in [0, 0.05) is 5.56 Å². The van der Waals surface area contributed by atoms with E-state index in [1.165, 1.54) is 12.1 Å². The van der Waals surface area contributed by atoms with Gasteiger partial charge >= 0.3 is 6.18 Å². The van der Waals surface area contributed by atoms with Crippen LogP contribution in [0.15, 0.2) is 24.3 Å². The topological polar surface area (TPSA) is 33.1 Å². The molecule has 0 saturated heterocycles. The van der Waals surface area contributed by atoms with E-state index in [4.69, 9.17) is 34.8 Å². The summed E-state index contributed by atoms with van der Waals surface area (Å²) in [7, 11) is 0. The first-order chi connectivity index (χ1) is 9.21. The quantitative estimate of drug-likeness (QED) is 0.701. The van der Waals surface area contributed by atoms with Gasteiger partial charge in [-0.3, -0.25) is 0 Å². The molecular formula is C12H5Cl3F3NO. The van der Waals surface area contributed by atoms with E-state index in [1.54, 1.807) is 0 Å². The van der Waals surface area contributed by atoms with Crippen molar-refractivity contribution >= 4 is 34.8 Å². The minimum atomic E-state index is -4.63. The Balaban J connectivity index is 2.67. The fraction of sp³-hybridized carbons (Fsp3) is 0.0833. The Kier molecular flexibility index (Phi) is 4.04. The average molecular weight is 343 g/mol. The Labute approximate surface area is 126 Å². The van der Waals surface area contributed by atoms with Crippen molar-refractivity contribution in [3.63, 3.8) is 0 Å². The zero-order valence-corrected chi connectivity index (χ0v) is 11.7. The van der Waals surface area contributed by atoms with E-state index in [-0.39, 0.29) is 26.3 Å². The van der Waals surface area contributed by atoms with Crippen molar-refractivity contribution in [2.45, 2.75) is 6.18 Å². The first kappa shape index (κ1) is 15.2. The van der Waals surface area contributed by atoms with Gasteiger partial charge in [-0.05, 0) is 24.3 Å². The van der Waals surface area contributed by atoms with E-state index in [0.29, 0.717) is 6.07 Å². The zero-order valence-electron chi connectivity index (χ0n) is 9.47. The Morgan fingerprint density at radius 1 is 0.950 bits per heavy atom. The van der Waals surface area contributed by atoms with Gasteiger partial charge < -0.3 is 5.11 Å². The third-order valence-corrected chi connectivity index (χ3v) is 3.75. The number of rotatable bonds is 1. The number of alkyl halides is 3. The van der Waals surface area contributed by atoms with E-state index in [0.717, 1.165) is 6.07 Å². The zero-order chi connectivity index (χ0) is 15.1. The van der Waals surface area contributed by atoms with Gasteiger partial charge in [0.05, 0.1) is 15.1 Å². The summed E-state index contributed by atoms with van der Waals surface area (Å²) in [6, 6.07) is 4.25. The van der Waals surface area contributed by atoms with Crippen LogP contribution in [0.3, 0.4) is 0 Å². The van der Waals surface area contributed by atoms with Crippen molar-refractivity contribution in [3.05, 3.63) is 45.0 Å². The predicted octanol–water partition coefficient (Wildman–Crippen LogP) is 5.43. The molecule has 1 aromatic heterocycles.